The van der Waals surface area contributed by atoms with Gasteiger partial charge in [-0.3, -0.25) is 14.4 Å². The zero-order valence-corrected chi connectivity index (χ0v) is 26.2. The fourth-order valence-corrected chi connectivity index (χ4v) is 5.63. The number of alkyl carbamates (subject to hydrolysis) is 1. The molecule has 4 N–H and O–H groups in total. The maximum absolute atomic E-state index is 13.2. The molecule has 1 aromatic carbocycles. The van der Waals surface area contributed by atoms with E-state index in [1.165, 1.54) is 19.3 Å². The number of primary amides is 1. The van der Waals surface area contributed by atoms with E-state index in [2.05, 4.69) is 10.6 Å². The first-order chi connectivity index (χ1) is 21.0. The highest BCUT2D eigenvalue weighted by Gasteiger charge is 2.25. The van der Waals surface area contributed by atoms with E-state index in [0.29, 0.717) is 80.5 Å². The number of anilines is 2. The van der Waals surface area contributed by atoms with Crippen LogP contribution >= 0.6 is 0 Å². The largest absolute Gasteiger partial charge is 0.444 e. The molecule has 1 aromatic heterocycles. The number of nitrogens with one attached hydrogen (secondary N) is 2. The normalized spacial score (nSPS) is 15.9. The number of benzene rings is 1. The van der Waals surface area contributed by atoms with Gasteiger partial charge in [0.05, 0.1) is 5.56 Å². The van der Waals surface area contributed by atoms with Gasteiger partial charge < -0.3 is 30.9 Å². The molecule has 2 aromatic rings. The van der Waals surface area contributed by atoms with Crippen LogP contribution in [0.3, 0.4) is 0 Å². The van der Waals surface area contributed by atoms with Crippen molar-refractivity contribution >= 4 is 35.3 Å². The number of nitrogens with zero attached hydrogens (tertiary/aromatic N) is 3. The Bertz CT molecular complexity index is 1310. The standard InChI is InChI=1S/C33H46N6O5/c1-33(2,3)44-32(43)35-18-8-7-11-28(40)38-19-21-39(22-20-38)31(42)24-12-14-25(15-13-24)36-30-26(29(34)41)16-17-27(37-30)23-9-5-4-6-10-23/h12-17,23H,4-11,18-22H2,1-3H3,(H2,34,41)(H,35,43)(H,36,37). The summed E-state index contributed by atoms with van der Waals surface area (Å²) >= 11 is 0. The third-order valence-corrected chi connectivity index (χ3v) is 8.01. The Morgan fingerprint density at radius 2 is 1.57 bits per heavy atom. The summed E-state index contributed by atoms with van der Waals surface area (Å²) in [6.45, 7) is 7.78. The molecule has 238 valence electrons. The van der Waals surface area contributed by atoms with E-state index in [1.54, 1.807) is 40.1 Å². The molecule has 0 bridgehead atoms. The molecule has 11 nitrogen and oxygen atoms in total. The van der Waals surface area contributed by atoms with E-state index in [-0.39, 0.29) is 11.8 Å². The van der Waals surface area contributed by atoms with Gasteiger partial charge in [-0.15, -0.1) is 0 Å². The minimum atomic E-state index is -0.546. The number of rotatable bonds is 10. The van der Waals surface area contributed by atoms with E-state index in [1.807, 2.05) is 26.8 Å². The molecule has 44 heavy (non-hydrogen) atoms. The third-order valence-electron chi connectivity index (χ3n) is 8.01. The minimum Gasteiger partial charge on any atom is -0.444 e. The van der Waals surface area contributed by atoms with Crippen molar-refractivity contribution < 1.29 is 23.9 Å². The Hall–Kier alpha value is -4.15. The molecule has 1 aliphatic heterocycles. The number of pyridine rings is 1. The third kappa shape index (κ3) is 9.42. The van der Waals surface area contributed by atoms with Crippen molar-refractivity contribution in [1.82, 2.24) is 20.1 Å². The van der Waals surface area contributed by atoms with Crippen molar-refractivity contribution in [3.63, 3.8) is 0 Å². The monoisotopic (exact) mass is 606 g/mol. The summed E-state index contributed by atoms with van der Waals surface area (Å²) in [5.74, 6) is 0.234. The van der Waals surface area contributed by atoms with E-state index in [4.69, 9.17) is 15.5 Å². The molecule has 11 heteroatoms. The van der Waals surface area contributed by atoms with Crippen molar-refractivity contribution in [2.45, 2.75) is 83.7 Å². The fourth-order valence-electron chi connectivity index (χ4n) is 5.63. The lowest BCUT2D eigenvalue weighted by molar-refractivity contribution is -0.132. The number of hydrogen-bond donors (Lipinski definition) is 3. The van der Waals surface area contributed by atoms with Crippen LogP contribution in [0.25, 0.3) is 0 Å². The van der Waals surface area contributed by atoms with Gasteiger partial charge in [-0.2, -0.15) is 0 Å². The van der Waals surface area contributed by atoms with Gasteiger partial charge in [0, 0.05) is 62.0 Å². The number of carbonyl (C=O) groups excluding carboxylic acids is 4. The lowest BCUT2D eigenvalue weighted by atomic mass is 9.86. The van der Waals surface area contributed by atoms with E-state index in [9.17, 15) is 19.2 Å². The number of unbranched alkanes of at least 4 members (excludes halogenated alkanes) is 1. The Kier molecular flexibility index (Phi) is 11.2. The SMILES string of the molecule is CC(C)(C)OC(=O)NCCCCC(=O)N1CCN(C(=O)c2ccc(Nc3nc(C4CCCCC4)ccc3C(N)=O)cc2)CC1. The number of carbonyl (C=O) groups is 4. The van der Waals surface area contributed by atoms with Crippen molar-refractivity contribution in [3.8, 4) is 0 Å². The van der Waals surface area contributed by atoms with Crippen LogP contribution < -0.4 is 16.4 Å². The minimum absolute atomic E-state index is 0.0568. The number of amides is 4. The molecule has 2 fully saturated rings. The molecule has 1 saturated carbocycles. The zero-order valence-electron chi connectivity index (χ0n) is 26.2. The summed E-state index contributed by atoms with van der Waals surface area (Å²) in [7, 11) is 0. The maximum Gasteiger partial charge on any atom is 0.407 e. The molecule has 1 aliphatic carbocycles. The summed E-state index contributed by atoms with van der Waals surface area (Å²) in [6.07, 6.45) is 7.09. The quantitative estimate of drug-likeness (QED) is 0.324. The summed E-state index contributed by atoms with van der Waals surface area (Å²) in [6, 6.07) is 10.7. The van der Waals surface area contributed by atoms with Crippen LogP contribution in [0, 0.1) is 0 Å². The van der Waals surface area contributed by atoms with Crippen LogP contribution in [0.2, 0.25) is 0 Å². The summed E-state index contributed by atoms with van der Waals surface area (Å²) in [4.78, 5) is 58.0. The first-order valence-electron chi connectivity index (χ1n) is 15.7. The van der Waals surface area contributed by atoms with E-state index >= 15 is 0 Å². The molecular weight excluding hydrogens is 560 g/mol. The van der Waals surface area contributed by atoms with Crippen molar-refractivity contribution in [2.75, 3.05) is 38.0 Å². The molecule has 2 heterocycles. The highest BCUT2D eigenvalue weighted by molar-refractivity contribution is 5.98. The van der Waals surface area contributed by atoms with Crippen LogP contribution in [0.1, 0.15) is 104 Å². The predicted molar refractivity (Wildman–Crippen MR) is 169 cm³/mol. The second-order valence-electron chi connectivity index (χ2n) is 12.6. The second kappa shape index (κ2) is 15.0. The van der Waals surface area contributed by atoms with Gasteiger partial charge in [0.15, 0.2) is 0 Å². The average molecular weight is 607 g/mol. The maximum atomic E-state index is 13.2. The molecule has 0 radical (unpaired) electrons. The topological polar surface area (TPSA) is 147 Å². The lowest BCUT2D eigenvalue weighted by Crippen LogP contribution is -2.50. The molecule has 4 rings (SSSR count). The fraction of sp³-hybridized carbons (Fsp3) is 0.545. The number of hydrogen-bond acceptors (Lipinski definition) is 7. The number of nitrogens with two attached hydrogens (primary N) is 1. The Morgan fingerprint density at radius 3 is 2.20 bits per heavy atom. The van der Waals surface area contributed by atoms with Gasteiger partial charge in [0.25, 0.3) is 11.8 Å². The lowest BCUT2D eigenvalue weighted by Gasteiger charge is -2.35. The highest BCUT2D eigenvalue weighted by atomic mass is 16.6. The molecule has 1 saturated heterocycles. The summed E-state index contributed by atoms with van der Waals surface area (Å²) in [5, 5.41) is 5.94. The van der Waals surface area contributed by atoms with Crippen LogP contribution in [0.15, 0.2) is 36.4 Å². The average Bonchev–Trinajstić information content (AvgIpc) is 3.00. The Balaban J connectivity index is 1.24. The predicted octanol–water partition coefficient (Wildman–Crippen LogP) is 4.95. The van der Waals surface area contributed by atoms with E-state index in [0.717, 1.165) is 18.5 Å². The van der Waals surface area contributed by atoms with Gasteiger partial charge >= 0.3 is 6.09 Å². The number of ether oxygens (including phenoxy) is 1. The van der Waals surface area contributed by atoms with Gasteiger partial charge in [0.2, 0.25) is 5.91 Å². The summed E-state index contributed by atoms with van der Waals surface area (Å²) in [5.41, 5.74) is 7.63. The molecular formula is C33H46N6O5. The Morgan fingerprint density at radius 1 is 0.909 bits per heavy atom. The van der Waals surface area contributed by atoms with Crippen LogP contribution in [0.4, 0.5) is 16.3 Å². The highest BCUT2D eigenvalue weighted by Crippen LogP contribution is 2.33. The van der Waals surface area contributed by atoms with Gasteiger partial charge in [-0.1, -0.05) is 19.3 Å². The first-order valence-corrected chi connectivity index (χ1v) is 15.7. The van der Waals surface area contributed by atoms with Gasteiger partial charge in [-0.25, -0.2) is 9.78 Å². The van der Waals surface area contributed by atoms with Gasteiger partial charge in [-0.05, 0) is 82.9 Å². The van der Waals surface area contributed by atoms with Crippen LogP contribution in [0.5, 0.6) is 0 Å². The first kappa shape index (κ1) is 32.8. The van der Waals surface area contributed by atoms with Crippen LogP contribution in [-0.4, -0.2) is 76.9 Å². The molecule has 0 atom stereocenters. The smallest absolute Gasteiger partial charge is 0.407 e. The van der Waals surface area contributed by atoms with E-state index < -0.39 is 17.6 Å². The number of aromatic nitrogens is 1. The zero-order chi connectivity index (χ0) is 31.7. The van der Waals surface area contributed by atoms with Crippen LogP contribution in [-0.2, 0) is 9.53 Å². The van der Waals surface area contributed by atoms with Crippen molar-refractivity contribution in [1.29, 1.82) is 0 Å². The molecule has 4 amide bonds. The Labute approximate surface area is 259 Å². The molecule has 0 spiro atoms. The van der Waals surface area contributed by atoms with Gasteiger partial charge in [0.1, 0.15) is 11.4 Å². The summed E-state index contributed by atoms with van der Waals surface area (Å²) < 4.78 is 5.21. The second-order valence-corrected chi connectivity index (χ2v) is 12.6. The molecule has 2 aliphatic rings. The molecule has 0 unspecified atom stereocenters. The van der Waals surface area contributed by atoms with Crippen molar-refractivity contribution in [3.05, 3.63) is 53.2 Å². The number of piperazine rings is 1. The van der Waals surface area contributed by atoms with Crippen molar-refractivity contribution in [2.24, 2.45) is 5.73 Å².